The first-order chi connectivity index (χ1) is 14.3. The van der Waals surface area contributed by atoms with Crippen molar-refractivity contribution < 1.29 is 22.7 Å². The van der Waals surface area contributed by atoms with E-state index in [2.05, 4.69) is 5.32 Å². The van der Waals surface area contributed by atoms with Gasteiger partial charge in [-0.05, 0) is 50.6 Å². The molecule has 0 spiro atoms. The van der Waals surface area contributed by atoms with Crippen LogP contribution in [0.3, 0.4) is 0 Å². The van der Waals surface area contributed by atoms with Gasteiger partial charge in [0.1, 0.15) is 11.5 Å². The molecule has 1 atom stereocenters. The third-order valence-corrected chi connectivity index (χ3v) is 5.78. The lowest BCUT2D eigenvalue weighted by atomic mass is 10.1. The normalized spacial score (nSPS) is 12.1. The monoisotopic (exact) mass is 434 g/mol. The number of ether oxygens (including phenoxy) is 2. The number of sulfonamides is 1. The molecule has 8 heteroatoms. The Morgan fingerprint density at radius 2 is 1.80 bits per heavy atom. The zero-order chi connectivity index (χ0) is 22.1. The van der Waals surface area contributed by atoms with Crippen molar-refractivity contribution >= 4 is 21.6 Å². The Hall–Kier alpha value is -2.74. The summed E-state index contributed by atoms with van der Waals surface area (Å²) in [4.78, 5) is 12.4. The summed E-state index contributed by atoms with van der Waals surface area (Å²) in [5.41, 5.74) is 1.43. The van der Waals surface area contributed by atoms with Crippen LogP contribution in [-0.4, -0.2) is 40.8 Å². The fourth-order valence-corrected chi connectivity index (χ4v) is 4.13. The molecule has 164 valence electrons. The smallest absolute Gasteiger partial charge is 0.232 e. The van der Waals surface area contributed by atoms with Crippen LogP contribution in [0, 0.1) is 0 Å². The van der Waals surface area contributed by atoms with E-state index in [1.165, 1.54) is 4.31 Å². The van der Waals surface area contributed by atoms with Gasteiger partial charge in [-0.3, -0.25) is 9.10 Å². The summed E-state index contributed by atoms with van der Waals surface area (Å²) in [6, 6.07) is 14.2. The second kappa shape index (κ2) is 10.9. The van der Waals surface area contributed by atoms with E-state index in [0.717, 1.165) is 11.8 Å². The summed E-state index contributed by atoms with van der Waals surface area (Å²) < 4.78 is 36.5. The summed E-state index contributed by atoms with van der Waals surface area (Å²) >= 11 is 0. The number of rotatable bonds is 11. The fourth-order valence-electron chi connectivity index (χ4n) is 3.16. The first kappa shape index (κ1) is 23.5. The number of carbonyl (C=O) groups excluding carboxylic acids is 1. The van der Waals surface area contributed by atoms with Crippen molar-refractivity contribution in [1.29, 1.82) is 0 Å². The molecule has 0 aliphatic rings. The van der Waals surface area contributed by atoms with E-state index in [9.17, 15) is 13.2 Å². The summed E-state index contributed by atoms with van der Waals surface area (Å²) in [5.74, 6) is 1.25. The van der Waals surface area contributed by atoms with Crippen LogP contribution in [0.25, 0.3) is 0 Å². The third-order valence-electron chi connectivity index (χ3n) is 4.58. The Bertz CT molecular complexity index is 929. The van der Waals surface area contributed by atoms with Crippen LogP contribution in [0.2, 0.25) is 0 Å². The third kappa shape index (κ3) is 6.66. The van der Waals surface area contributed by atoms with Crippen molar-refractivity contribution in [2.24, 2.45) is 0 Å². The molecule has 0 saturated carbocycles. The molecule has 0 radical (unpaired) electrons. The molecule has 0 saturated heterocycles. The average Bonchev–Trinajstić information content (AvgIpc) is 2.71. The van der Waals surface area contributed by atoms with Crippen LogP contribution in [0.15, 0.2) is 48.5 Å². The zero-order valence-corrected chi connectivity index (χ0v) is 18.7. The quantitative estimate of drug-likeness (QED) is 0.585. The van der Waals surface area contributed by atoms with Gasteiger partial charge in [-0.15, -0.1) is 0 Å². The maximum atomic E-state index is 12.4. The van der Waals surface area contributed by atoms with Crippen LogP contribution < -0.4 is 19.1 Å². The lowest BCUT2D eigenvalue weighted by Gasteiger charge is -2.23. The lowest BCUT2D eigenvalue weighted by Crippen LogP contribution is -2.32. The molecule has 0 bridgehead atoms. The molecular formula is C22H30N2O5S. The summed E-state index contributed by atoms with van der Waals surface area (Å²) in [5, 5.41) is 2.94. The minimum absolute atomic E-state index is 0.145. The van der Waals surface area contributed by atoms with Crippen molar-refractivity contribution in [3.05, 3.63) is 54.1 Å². The molecule has 2 aromatic rings. The van der Waals surface area contributed by atoms with E-state index in [4.69, 9.17) is 9.47 Å². The Labute approximate surface area is 179 Å². The van der Waals surface area contributed by atoms with Gasteiger partial charge in [0, 0.05) is 18.5 Å². The molecule has 0 heterocycles. The van der Waals surface area contributed by atoms with Crippen molar-refractivity contribution in [2.75, 3.05) is 30.8 Å². The largest absolute Gasteiger partial charge is 0.496 e. The van der Waals surface area contributed by atoms with E-state index in [0.29, 0.717) is 30.2 Å². The molecule has 0 aromatic heterocycles. The number of benzene rings is 2. The number of nitrogens with one attached hydrogen (secondary N) is 1. The highest BCUT2D eigenvalue weighted by Gasteiger charge is 2.19. The minimum Gasteiger partial charge on any atom is -0.496 e. The Morgan fingerprint density at radius 1 is 1.13 bits per heavy atom. The summed E-state index contributed by atoms with van der Waals surface area (Å²) in [6.45, 7) is 4.52. The number of nitrogens with zero attached hydrogens (tertiary/aromatic N) is 1. The maximum absolute atomic E-state index is 12.4. The molecule has 2 aromatic carbocycles. The van der Waals surface area contributed by atoms with Crippen LogP contribution >= 0.6 is 0 Å². The standard InChI is InChI=1S/C22H30N2O5S/c1-5-29-19-14-12-18(13-15-19)24(30(4,26)27)16-8-11-22(25)23-17(2)20-9-6-7-10-21(20)28-3/h6-7,9-10,12-15,17H,5,8,11,16H2,1-4H3,(H,23,25)/t17-/m1/s1. The van der Waals surface area contributed by atoms with E-state index in [1.807, 2.05) is 38.1 Å². The van der Waals surface area contributed by atoms with Crippen LogP contribution in [-0.2, 0) is 14.8 Å². The first-order valence-electron chi connectivity index (χ1n) is 9.89. The van der Waals surface area contributed by atoms with E-state index < -0.39 is 10.0 Å². The molecule has 30 heavy (non-hydrogen) atoms. The molecular weight excluding hydrogens is 404 g/mol. The van der Waals surface area contributed by atoms with Gasteiger partial charge in [-0.1, -0.05) is 18.2 Å². The average molecular weight is 435 g/mol. The lowest BCUT2D eigenvalue weighted by molar-refractivity contribution is -0.121. The molecule has 0 fully saturated rings. The minimum atomic E-state index is -3.47. The molecule has 7 nitrogen and oxygen atoms in total. The van der Waals surface area contributed by atoms with Gasteiger partial charge in [0.2, 0.25) is 15.9 Å². The zero-order valence-electron chi connectivity index (χ0n) is 17.9. The number of amides is 1. The van der Waals surface area contributed by atoms with Gasteiger partial charge >= 0.3 is 0 Å². The van der Waals surface area contributed by atoms with Crippen LogP contribution in [0.5, 0.6) is 11.5 Å². The molecule has 0 aliphatic heterocycles. The maximum Gasteiger partial charge on any atom is 0.232 e. The Balaban J connectivity index is 1.95. The predicted molar refractivity (Wildman–Crippen MR) is 119 cm³/mol. The molecule has 0 unspecified atom stereocenters. The van der Waals surface area contributed by atoms with Crippen molar-refractivity contribution in [3.63, 3.8) is 0 Å². The van der Waals surface area contributed by atoms with E-state index in [-0.39, 0.29) is 24.9 Å². The highest BCUT2D eigenvalue weighted by Crippen LogP contribution is 2.25. The number of anilines is 1. The first-order valence-corrected chi connectivity index (χ1v) is 11.7. The number of hydrogen-bond donors (Lipinski definition) is 1. The Kier molecular flexibility index (Phi) is 8.53. The molecule has 1 amide bonds. The second-order valence-corrected chi connectivity index (χ2v) is 8.80. The number of carbonyl (C=O) groups is 1. The van der Waals surface area contributed by atoms with Crippen LogP contribution in [0.1, 0.15) is 38.3 Å². The van der Waals surface area contributed by atoms with Gasteiger partial charge in [0.25, 0.3) is 0 Å². The fraction of sp³-hybridized carbons (Fsp3) is 0.409. The van der Waals surface area contributed by atoms with Crippen LogP contribution in [0.4, 0.5) is 5.69 Å². The second-order valence-electron chi connectivity index (χ2n) is 6.90. The SMILES string of the molecule is CCOc1ccc(N(CCCC(=O)N[C@H](C)c2ccccc2OC)S(C)(=O)=O)cc1. The highest BCUT2D eigenvalue weighted by molar-refractivity contribution is 7.92. The highest BCUT2D eigenvalue weighted by atomic mass is 32.2. The predicted octanol–water partition coefficient (Wildman–Crippen LogP) is 3.52. The summed E-state index contributed by atoms with van der Waals surface area (Å²) in [6.07, 6.45) is 1.76. The van der Waals surface area contributed by atoms with Crippen molar-refractivity contribution in [3.8, 4) is 11.5 Å². The van der Waals surface area contributed by atoms with Gasteiger partial charge < -0.3 is 14.8 Å². The van der Waals surface area contributed by atoms with Gasteiger partial charge in [-0.2, -0.15) is 0 Å². The molecule has 2 rings (SSSR count). The topological polar surface area (TPSA) is 84.9 Å². The Morgan fingerprint density at radius 3 is 2.40 bits per heavy atom. The summed E-state index contributed by atoms with van der Waals surface area (Å²) in [7, 11) is -1.88. The molecule has 0 aliphatic carbocycles. The number of hydrogen-bond acceptors (Lipinski definition) is 5. The van der Waals surface area contributed by atoms with Gasteiger partial charge in [-0.25, -0.2) is 8.42 Å². The number of para-hydroxylation sites is 1. The van der Waals surface area contributed by atoms with Gasteiger partial charge in [0.15, 0.2) is 0 Å². The van der Waals surface area contributed by atoms with E-state index in [1.54, 1.807) is 31.4 Å². The molecule has 1 N–H and O–H groups in total. The van der Waals surface area contributed by atoms with E-state index >= 15 is 0 Å². The van der Waals surface area contributed by atoms with Crippen molar-refractivity contribution in [2.45, 2.75) is 32.7 Å². The van der Waals surface area contributed by atoms with Gasteiger partial charge in [0.05, 0.1) is 31.7 Å². The van der Waals surface area contributed by atoms with Crippen molar-refractivity contribution in [1.82, 2.24) is 5.32 Å². The number of methoxy groups -OCH3 is 1.